The maximum Gasteiger partial charge on any atom is 0.391 e. The molecule has 6 heteroatoms. The maximum absolute atomic E-state index is 12.8. The zero-order valence-corrected chi connectivity index (χ0v) is 12.9. The molecule has 2 atom stereocenters. The van der Waals surface area contributed by atoms with Crippen LogP contribution in [0, 0.1) is 17.3 Å². The average molecular weight is 308 g/mol. The smallest absolute Gasteiger partial charge is 0.355 e. The van der Waals surface area contributed by atoms with Crippen LogP contribution in [0.4, 0.5) is 13.2 Å². The van der Waals surface area contributed by atoms with E-state index in [1.165, 1.54) is 0 Å². The average Bonchev–Trinajstić information content (AvgIpc) is 2.48. The van der Waals surface area contributed by atoms with Crippen molar-refractivity contribution < 1.29 is 18.0 Å². The molecule has 1 fully saturated rings. The second-order valence-electron chi connectivity index (χ2n) is 6.23. The van der Waals surface area contributed by atoms with Crippen molar-refractivity contribution >= 4 is 5.91 Å². The summed E-state index contributed by atoms with van der Waals surface area (Å²) in [6.45, 7) is 4.95. The Hall–Kier alpha value is -0.780. The largest absolute Gasteiger partial charge is 0.391 e. The molecule has 3 nitrogen and oxygen atoms in total. The predicted molar refractivity (Wildman–Crippen MR) is 76.6 cm³/mol. The van der Waals surface area contributed by atoms with Crippen molar-refractivity contribution in [1.82, 2.24) is 5.32 Å². The number of carbonyl (C=O) groups is 1. The van der Waals surface area contributed by atoms with Gasteiger partial charge in [0.15, 0.2) is 0 Å². The SMILES string of the molecule is CCC(CC)(CN)CNC(=O)C1CCCC(C(F)(F)F)C1. The lowest BCUT2D eigenvalue weighted by molar-refractivity contribution is -0.186. The monoisotopic (exact) mass is 308 g/mol. The molecule has 0 spiro atoms. The first-order valence-corrected chi connectivity index (χ1v) is 7.82. The molecule has 1 saturated carbocycles. The van der Waals surface area contributed by atoms with E-state index in [2.05, 4.69) is 5.32 Å². The third-order valence-electron chi connectivity index (χ3n) is 5.08. The summed E-state index contributed by atoms with van der Waals surface area (Å²) in [5.74, 6) is -2.10. The standard InChI is InChI=1S/C15H27F3N2O/c1-3-14(4-2,9-19)10-20-13(21)11-6-5-7-12(8-11)15(16,17)18/h11-12H,3-10,19H2,1-2H3,(H,20,21). The highest BCUT2D eigenvalue weighted by Gasteiger charge is 2.43. The third kappa shape index (κ3) is 4.87. The fourth-order valence-electron chi connectivity index (χ4n) is 3.01. The van der Waals surface area contributed by atoms with Gasteiger partial charge in [-0.05, 0) is 44.1 Å². The summed E-state index contributed by atoms with van der Waals surface area (Å²) < 4.78 is 38.3. The van der Waals surface area contributed by atoms with E-state index in [1.54, 1.807) is 0 Å². The topological polar surface area (TPSA) is 55.1 Å². The minimum absolute atomic E-state index is 0.0802. The molecule has 0 bridgehead atoms. The Labute approximate surface area is 124 Å². The lowest BCUT2D eigenvalue weighted by Gasteiger charge is -2.33. The molecule has 1 amide bonds. The fourth-order valence-corrected chi connectivity index (χ4v) is 3.01. The van der Waals surface area contributed by atoms with E-state index in [1.807, 2.05) is 13.8 Å². The van der Waals surface area contributed by atoms with Gasteiger partial charge in [0.2, 0.25) is 5.91 Å². The van der Waals surface area contributed by atoms with Gasteiger partial charge in [-0.25, -0.2) is 0 Å². The molecule has 0 aromatic carbocycles. The summed E-state index contributed by atoms with van der Waals surface area (Å²) in [5, 5.41) is 2.83. The van der Waals surface area contributed by atoms with Gasteiger partial charge in [-0.1, -0.05) is 20.3 Å². The number of rotatable bonds is 6. The van der Waals surface area contributed by atoms with Crippen LogP contribution in [0.2, 0.25) is 0 Å². The Morgan fingerprint density at radius 2 is 1.86 bits per heavy atom. The highest BCUT2D eigenvalue weighted by molar-refractivity contribution is 5.78. The van der Waals surface area contributed by atoms with Crippen LogP contribution in [-0.4, -0.2) is 25.2 Å². The van der Waals surface area contributed by atoms with Crippen LogP contribution in [0.3, 0.4) is 0 Å². The Morgan fingerprint density at radius 3 is 2.33 bits per heavy atom. The number of amides is 1. The first-order valence-electron chi connectivity index (χ1n) is 7.82. The lowest BCUT2D eigenvalue weighted by atomic mass is 9.79. The third-order valence-corrected chi connectivity index (χ3v) is 5.08. The number of nitrogens with two attached hydrogens (primary N) is 1. The summed E-state index contributed by atoms with van der Waals surface area (Å²) in [5.41, 5.74) is 5.63. The van der Waals surface area contributed by atoms with E-state index in [9.17, 15) is 18.0 Å². The summed E-state index contributed by atoms with van der Waals surface area (Å²) in [6.07, 6.45) is -1.43. The van der Waals surface area contributed by atoms with Gasteiger partial charge >= 0.3 is 6.18 Å². The molecule has 21 heavy (non-hydrogen) atoms. The van der Waals surface area contributed by atoms with Crippen molar-refractivity contribution in [2.45, 2.75) is 58.5 Å². The van der Waals surface area contributed by atoms with Gasteiger partial charge in [-0.15, -0.1) is 0 Å². The molecule has 0 saturated heterocycles. The number of carbonyl (C=O) groups excluding carboxylic acids is 1. The first-order chi connectivity index (χ1) is 9.78. The molecule has 1 aliphatic carbocycles. The van der Waals surface area contributed by atoms with Gasteiger partial charge in [-0.3, -0.25) is 4.79 Å². The first kappa shape index (κ1) is 18.3. The van der Waals surface area contributed by atoms with E-state index in [-0.39, 0.29) is 24.2 Å². The van der Waals surface area contributed by atoms with Gasteiger partial charge in [0, 0.05) is 12.5 Å². The molecule has 0 aromatic heterocycles. The molecule has 0 radical (unpaired) electrons. The Balaban J connectivity index is 2.55. The molecule has 3 N–H and O–H groups in total. The van der Waals surface area contributed by atoms with Crippen LogP contribution in [0.25, 0.3) is 0 Å². The van der Waals surface area contributed by atoms with E-state index in [4.69, 9.17) is 5.73 Å². The Morgan fingerprint density at radius 1 is 1.24 bits per heavy atom. The number of alkyl halides is 3. The quantitative estimate of drug-likeness (QED) is 0.791. The van der Waals surface area contributed by atoms with Crippen molar-refractivity contribution in [2.75, 3.05) is 13.1 Å². The van der Waals surface area contributed by atoms with Gasteiger partial charge in [-0.2, -0.15) is 13.2 Å². The maximum atomic E-state index is 12.8. The highest BCUT2D eigenvalue weighted by Crippen LogP contribution is 2.40. The second-order valence-corrected chi connectivity index (χ2v) is 6.23. The second kappa shape index (κ2) is 7.47. The predicted octanol–water partition coefficient (Wildman–Crippen LogP) is 3.24. The van der Waals surface area contributed by atoms with Crippen LogP contribution in [0.5, 0.6) is 0 Å². The van der Waals surface area contributed by atoms with Gasteiger partial charge in [0.25, 0.3) is 0 Å². The molecule has 0 aliphatic heterocycles. The summed E-state index contributed by atoms with van der Waals surface area (Å²) >= 11 is 0. The summed E-state index contributed by atoms with van der Waals surface area (Å²) in [6, 6.07) is 0. The van der Waals surface area contributed by atoms with Crippen LogP contribution in [0.1, 0.15) is 52.4 Å². The zero-order chi connectivity index (χ0) is 16.1. The minimum atomic E-state index is -4.19. The van der Waals surface area contributed by atoms with Crippen molar-refractivity contribution in [3.63, 3.8) is 0 Å². The lowest BCUT2D eigenvalue weighted by Crippen LogP contribution is -2.45. The van der Waals surface area contributed by atoms with Gasteiger partial charge < -0.3 is 11.1 Å². The number of hydrogen-bond acceptors (Lipinski definition) is 2. The number of nitrogens with one attached hydrogen (secondary N) is 1. The normalized spacial score (nSPS) is 23.9. The molecule has 0 heterocycles. The summed E-state index contributed by atoms with van der Waals surface area (Å²) in [4.78, 5) is 12.1. The minimum Gasteiger partial charge on any atom is -0.355 e. The molecule has 124 valence electrons. The van der Waals surface area contributed by atoms with Crippen LogP contribution in [-0.2, 0) is 4.79 Å². The molecular formula is C15H27F3N2O. The van der Waals surface area contributed by atoms with E-state index in [0.29, 0.717) is 25.9 Å². The Kier molecular flexibility index (Phi) is 6.50. The fraction of sp³-hybridized carbons (Fsp3) is 0.933. The van der Waals surface area contributed by atoms with Crippen LogP contribution >= 0.6 is 0 Å². The number of halogens is 3. The van der Waals surface area contributed by atoms with Crippen LogP contribution in [0.15, 0.2) is 0 Å². The molecule has 2 unspecified atom stereocenters. The van der Waals surface area contributed by atoms with Crippen LogP contribution < -0.4 is 11.1 Å². The molecule has 0 aromatic rings. The van der Waals surface area contributed by atoms with E-state index in [0.717, 1.165) is 12.8 Å². The van der Waals surface area contributed by atoms with Gasteiger partial charge in [0.05, 0.1) is 5.92 Å². The molecule has 1 aliphatic rings. The van der Waals surface area contributed by atoms with E-state index < -0.39 is 18.0 Å². The van der Waals surface area contributed by atoms with Crippen molar-refractivity contribution in [2.24, 2.45) is 23.0 Å². The van der Waals surface area contributed by atoms with Crippen molar-refractivity contribution in [3.05, 3.63) is 0 Å². The zero-order valence-electron chi connectivity index (χ0n) is 12.9. The number of hydrogen-bond donors (Lipinski definition) is 2. The molecular weight excluding hydrogens is 281 g/mol. The van der Waals surface area contributed by atoms with E-state index >= 15 is 0 Å². The highest BCUT2D eigenvalue weighted by atomic mass is 19.4. The van der Waals surface area contributed by atoms with Crippen molar-refractivity contribution in [3.8, 4) is 0 Å². The summed E-state index contributed by atoms with van der Waals surface area (Å²) in [7, 11) is 0. The van der Waals surface area contributed by atoms with Crippen molar-refractivity contribution in [1.29, 1.82) is 0 Å². The molecule has 1 rings (SSSR count). The Bertz CT molecular complexity index is 332. The van der Waals surface area contributed by atoms with Gasteiger partial charge in [0.1, 0.15) is 0 Å².